The minimum Gasteiger partial charge on any atom is -0.465 e. The highest BCUT2D eigenvalue weighted by molar-refractivity contribution is 6.36. The summed E-state index contributed by atoms with van der Waals surface area (Å²) in [6.07, 6.45) is 0.524. The van der Waals surface area contributed by atoms with Crippen LogP contribution in [0.1, 0.15) is 6.92 Å². The molecule has 0 saturated heterocycles. The summed E-state index contributed by atoms with van der Waals surface area (Å²) in [7, 11) is 1.27. The molecular weight excluding hydrogens is 244 g/mol. The van der Waals surface area contributed by atoms with Gasteiger partial charge in [0.15, 0.2) is 0 Å². The van der Waals surface area contributed by atoms with E-state index >= 15 is 0 Å². The van der Waals surface area contributed by atoms with Crippen LogP contribution in [0.2, 0.25) is 5.02 Å². The Balaban J connectivity index is 3.15. The highest BCUT2D eigenvalue weighted by atomic mass is 35.5. The van der Waals surface area contributed by atoms with Crippen LogP contribution in [-0.4, -0.2) is 25.2 Å². The smallest absolute Gasteiger partial charge is 0.352 e. The molecule has 1 rings (SSSR count). The number of carbonyl (C=O) groups excluding carboxylic acids is 2. The van der Waals surface area contributed by atoms with Gasteiger partial charge in [0.25, 0.3) is 0 Å². The van der Waals surface area contributed by atoms with E-state index in [1.54, 1.807) is 18.2 Å². The number of carbonyl (C=O) groups is 2. The summed E-state index contributed by atoms with van der Waals surface area (Å²) in [6, 6.07) is 4.75. The Morgan fingerprint density at radius 1 is 1.53 bits per heavy atom. The van der Waals surface area contributed by atoms with Gasteiger partial charge in [0.1, 0.15) is 5.71 Å². The topological polar surface area (TPSA) is 67.8 Å². The molecule has 0 heterocycles. The van der Waals surface area contributed by atoms with Gasteiger partial charge in [0.05, 0.1) is 18.5 Å². The number of halogens is 1. The van der Waals surface area contributed by atoms with E-state index in [0.29, 0.717) is 22.8 Å². The Morgan fingerprint density at radius 2 is 2.24 bits per heavy atom. The molecule has 0 unspecified atom stereocenters. The van der Waals surface area contributed by atoms with E-state index in [-0.39, 0.29) is 5.71 Å². The van der Waals surface area contributed by atoms with Crippen LogP contribution in [0.5, 0.6) is 0 Å². The fraction of sp³-hybridized carbons (Fsp3) is 0.182. The lowest BCUT2D eigenvalue weighted by atomic mass is 10.2. The number of methoxy groups -OCH3 is 1. The standard InChI is InChI=1S/C11H11ClN2O3/c1-7(11(16)17-2)14-10-5-8(12)3-4-9(10)13-6-15/h3-6H,1-2H3,(H,13,15). The van der Waals surface area contributed by atoms with Gasteiger partial charge >= 0.3 is 5.97 Å². The summed E-state index contributed by atoms with van der Waals surface area (Å²) in [4.78, 5) is 25.6. The molecule has 0 atom stereocenters. The van der Waals surface area contributed by atoms with Crippen molar-refractivity contribution in [3.8, 4) is 0 Å². The maximum absolute atomic E-state index is 11.2. The van der Waals surface area contributed by atoms with Crippen LogP contribution in [0.4, 0.5) is 11.4 Å². The number of nitrogens with zero attached hydrogens (tertiary/aromatic N) is 1. The second kappa shape index (κ2) is 6.00. The quantitative estimate of drug-likeness (QED) is 0.509. The number of hydrogen-bond acceptors (Lipinski definition) is 4. The highest BCUT2D eigenvalue weighted by Gasteiger charge is 2.08. The largest absolute Gasteiger partial charge is 0.465 e. The number of esters is 1. The molecule has 0 saturated carbocycles. The van der Waals surface area contributed by atoms with Crippen molar-refractivity contribution in [2.45, 2.75) is 6.92 Å². The molecule has 6 heteroatoms. The van der Waals surface area contributed by atoms with Crippen LogP contribution >= 0.6 is 11.6 Å². The Morgan fingerprint density at radius 3 is 2.82 bits per heavy atom. The van der Waals surface area contributed by atoms with Crippen molar-refractivity contribution in [3.63, 3.8) is 0 Å². The first-order valence-electron chi connectivity index (χ1n) is 4.72. The third kappa shape index (κ3) is 3.57. The molecule has 0 fully saturated rings. The number of amides is 1. The molecule has 0 radical (unpaired) electrons. The molecule has 0 aliphatic rings. The second-order valence-electron chi connectivity index (χ2n) is 3.11. The van der Waals surface area contributed by atoms with Crippen LogP contribution in [-0.2, 0) is 14.3 Å². The average Bonchev–Trinajstić information content (AvgIpc) is 2.31. The van der Waals surface area contributed by atoms with Gasteiger partial charge in [-0.25, -0.2) is 9.79 Å². The normalized spacial score (nSPS) is 10.9. The molecular formula is C11H11ClN2O3. The number of rotatable bonds is 4. The van der Waals surface area contributed by atoms with Crippen molar-refractivity contribution >= 4 is 41.1 Å². The van der Waals surface area contributed by atoms with Gasteiger partial charge < -0.3 is 10.1 Å². The molecule has 1 aromatic rings. The second-order valence-corrected chi connectivity index (χ2v) is 3.55. The first-order valence-corrected chi connectivity index (χ1v) is 5.09. The van der Waals surface area contributed by atoms with Gasteiger partial charge in [-0.1, -0.05) is 11.6 Å². The zero-order chi connectivity index (χ0) is 12.8. The molecule has 90 valence electrons. The summed E-state index contributed by atoms with van der Waals surface area (Å²) in [6.45, 7) is 1.51. The number of nitrogens with one attached hydrogen (secondary N) is 1. The van der Waals surface area contributed by atoms with Crippen LogP contribution in [0.3, 0.4) is 0 Å². The van der Waals surface area contributed by atoms with Crippen molar-refractivity contribution in [1.29, 1.82) is 0 Å². The van der Waals surface area contributed by atoms with Crippen LogP contribution in [0.25, 0.3) is 0 Å². The lowest BCUT2D eigenvalue weighted by Crippen LogP contribution is -2.11. The lowest BCUT2D eigenvalue weighted by Gasteiger charge is -2.05. The predicted molar refractivity (Wildman–Crippen MR) is 65.9 cm³/mol. The molecule has 0 aliphatic heterocycles. The Kier molecular flexibility index (Phi) is 4.66. The Bertz CT molecular complexity index is 472. The number of aliphatic imine (C=N–C) groups is 1. The zero-order valence-corrected chi connectivity index (χ0v) is 10.1. The maximum Gasteiger partial charge on any atom is 0.352 e. The summed E-state index contributed by atoms with van der Waals surface area (Å²) in [5.74, 6) is -0.540. The minimum atomic E-state index is -0.540. The van der Waals surface area contributed by atoms with Crippen molar-refractivity contribution < 1.29 is 14.3 Å². The first kappa shape index (κ1) is 13.2. The van der Waals surface area contributed by atoms with Crippen LogP contribution in [0, 0.1) is 0 Å². The fourth-order valence-electron chi connectivity index (χ4n) is 1.16. The molecule has 0 aliphatic carbocycles. The molecule has 17 heavy (non-hydrogen) atoms. The van der Waals surface area contributed by atoms with E-state index in [1.807, 2.05) is 0 Å². The van der Waals surface area contributed by atoms with Gasteiger partial charge in [0.2, 0.25) is 6.41 Å². The summed E-state index contributed by atoms with van der Waals surface area (Å²) < 4.78 is 4.52. The van der Waals surface area contributed by atoms with Gasteiger partial charge in [0, 0.05) is 5.02 Å². The van der Waals surface area contributed by atoms with E-state index in [4.69, 9.17) is 11.6 Å². The van der Waals surface area contributed by atoms with Crippen LogP contribution in [0.15, 0.2) is 23.2 Å². The minimum absolute atomic E-state index is 0.170. The molecule has 0 bridgehead atoms. The molecule has 1 N–H and O–H groups in total. The summed E-state index contributed by atoms with van der Waals surface area (Å²) >= 11 is 5.81. The van der Waals surface area contributed by atoms with Gasteiger partial charge in [-0.3, -0.25) is 4.79 Å². The van der Waals surface area contributed by atoms with Crippen molar-refractivity contribution in [2.24, 2.45) is 4.99 Å². The summed E-state index contributed by atoms with van der Waals surface area (Å²) in [5.41, 5.74) is 1.03. The fourth-order valence-corrected chi connectivity index (χ4v) is 1.32. The van der Waals surface area contributed by atoms with E-state index in [2.05, 4.69) is 15.0 Å². The third-order valence-electron chi connectivity index (χ3n) is 1.94. The molecule has 5 nitrogen and oxygen atoms in total. The molecule has 0 aromatic heterocycles. The number of anilines is 1. The van der Waals surface area contributed by atoms with Crippen molar-refractivity contribution in [1.82, 2.24) is 0 Å². The molecule has 1 aromatic carbocycles. The number of benzene rings is 1. The molecule has 1 amide bonds. The maximum atomic E-state index is 11.2. The first-order chi connectivity index (χ1) is 8.08. The lowest BCUT2D eigenvalue weighted by molar-refractivity contribution is -0.132. The van der Waals surface area contributed by atoms with Crippen molar-refractivity contribution in [3.05, 3.63) is 23.2 Å². The van der Waals surface area contributed by atoms with E-state index in [1.165, 1.54) is 14.0 Å². The highest BCUT2D eigenvalue weighted by Crippen LogP contribution is 2.28. The SMILES string of the molecule is COC(=O)C(C)=Nc1cc(Cl)ccc1NC=O. The average molecular weight is 255 g/mol. The monoisotopic (exact) mass is 254 g/mol. The van der Waals surface area contributed by atoms with Gasteiger partial charge in [-0.05, 0) is 25.1 Å². The Labute approximate surface area is 103 Å². The van der Waals surface area contributed by atoms with Gasteiger partial charge in [-0.15, -0.1) is 0 Å². The third-order valence-corrected chi connectivity index (χ3v) is 2.18. The van der Waals surface area contributed by atoms with E-state index in [9.17, 15) is 9.59 Å². The number of hydrogen-bond donors (Lipinski definition) is 1. The van der Waals surface area contributed by atoms with Gasteiger partial charge in [-0.2, -0.15) is 0 Å². The predicted octanol–water partition coefficient (Wildman–Crippen LogP) is 2.17. The van der Waals surface area contributed by atoms with E-state index in [0.717, 1.165) is 0 Å². The zero-order valence-electron chi connectivity index (χ0n) is 9.36. The van der Waals surface area contributed by atoms with Crippen molar-refractivity contribution in [2.75, 3.05) is 12.4 Å². The summed E-state index contributed by atoms with van der Waals surface area (Å²) in [5, 5.41) is 2.92. The van der Waals surface area contributed by atoms with E-state index < -0.39 is 5.97 Å². The Hall–Kier alpha value is -1.88. The van der Waals surface area contributed by atoms with Crippen LogP contribution < -0.4 is 5.32 Å². The number of ether oxygens (including phenoxy) is 1. The molecule has 0 spiro atoms.